The molecule has 1 aromatic rings. The van der Waals surface area contributed by atoms with Gasteiger partial charge in [0, 0.05) is 19.5 Å². The molecule has 5 heteroatoms. The topological polar surface area (TPSA) is 78.6 Å². The quantitative estimate of drug-likeness (QED) is 0.444. The molecule has 0 spiro atoms. The third-order valence-electron chi connectivity index (χ3n) is 1.40. The van der Waals surface area contributed by atoms with E-state index in [4.69, 9.17) is 15.2 Å². The first kappa shape index (κ1) is 11.0. The van der Waals surface area contributed by atoms with Crippen molar-refractivity contribution in [1.82, 2.24) is 0 Å². The van der Waals surface area contributed by atoms with Gasteiger partial charge in [0.15, 0.2) is 11.5 Å². The number of anilines is 1. The molecule has 15 heavy (non-hydrogen) atoms. The number of hydrogen-bond acceptors (Lipinski definition) is 5. The highest BCUT2D eigenvalue weighted by Crippen LogP contribution is 2.28. The summed E-state index contributed by atoms with van der Waals surface area (Å²) in [4.78, 5) is 21.5. The SMILES string of the molecule is CC(=O)Oc1[c]c(N)ccc1OC(C)=O. The predicted molar refractivity (Wildman–Crippen MR) is 52.3 cm³/mol. The van der Waals surface area contributed by atoms with Gasteiger partial charge in [0.25, 0.3) is 0 Å². The molecule has 0 bridgehead atoms. The fourth-order valence-corrected chi connectivity index (χ4v) is 0.930. The van der Waals surface area contributed by atoms with Gasteiger partial charge in [-0.25, -0.2) is 0 Å². The van der Waals surface area contributed by atoms with Crippen LogP contribution in [-0.4, -0.2) is 11.9 Å². The summed E-state index contributed by atoms with van der Waals surface area (Å²) in [5.74, 6) is -0.920. The highest BCUT2D eigenvalue weighted by atomic mass is 16.6. The van der Waals surface area contributed by atoms with Crippen molar-refractivity contribution in [2.24, 2.45) is 0 Å². The Morgan fingerprint density at radius 1 is 1.20 bits per heavy atom. The van der Waals surface area contributed by atoms with Gasteiger partial charge in [0.2, 0.25) is 0 Å². The Hall–Kier alpha value is -2.04. The molecule has 0 aromatic heterocycles. The lowest BCUT2D eigenvalue weighted by molar-refractivity contribution is -0.134. The van der Waals surface area contributed by atoms with E-state index < -0.39 is 11.9 Å². The van der Waals surface area contributed by atoms with Gasteiger partial charge >= 0.3 is 11.9 Å². The van der Waals surface area contributed by atoms with E-state index in [1.807, 2.05) is 0 Å². The zero-order chi connectivity index (χ0) is 11.4. The largest absolute Gasteiger partial charge is 0.423 e. The van der Waals surface area contributed by atoms with Crippen LogP contribution < -0.4 is 15.2 Å². The molecule has 0 heterocycles. The third kappa shape index (κ3) is 3.30. The molecular weight excluding hydrogens is 198 g/mol. The fourth-order valence-electron chi connectivity index (χ4n) is 0.930. The van der Waals surface area contributed by atoms with Gasteiger partial charge in [-0.2, -0.15) is 0 Å². The number of nitrogens with two attached hydrogens (primary N) is 1. The van der Waals surface area contributed by atoms with Crippen molar-refractivity contribution in [2.75, 3.05) is 5.73 Å². The van der Waals surface area contributed by atoms with Crippen LogP contribution in [0.15, 0.2) is 12.1 Å². The maximum Gasteiger partial charge on any atom is 0.308 e. The second kappa shape index (κ2) is 4.45. The average Bonchev–Trinajstić information content (AvgIpc) is 2.08. The highest BCUT2D eigenvalue weighted by Gasteiger charge is 2.10. The summed E-state index contributed by atoms with van der Waals surface area (Å²) in [6.45, 7) is 2.47. The van der Waals surface area contributed by atoms with Crippen molar-refractivity contribution in [1.29, 1.82) is 0 Å². The minimum Gasteiger partial charge on any atom is -0.423 e. The molecule has 0 aliphatic carbocycles. The first-order valence-electron chi connectivity index (χ1n) is 4.17. The monoisotopic (exact) mass is 208 g/mol. The van der Waals surface area contributed by atoms with Gasteiger partial charge in [0.05, 0.1) is 6.07 Å². The minimum absolute atomic E-state index is 0.0118. The summed E-state index contributed by atoms with van der Waals surface area (Å²) in [5.41, 5.74) is 5.74. The van der Waals surface area contributed by atoms with E-state index in [-0.39, 0.29) is 11.5 Å². The molecule has 79 valence electrons. The number of carbonyl (C=O) groups excluding carboxylic acids is 2. The Morgan fingerprint density at radius 2 is 1.80 bits per heavy atom. The fraction of sp³-hybridized carbons (Fsp3) is 0.200. The lowest BCUT2D eigenvalue weighted by Gasteiger charge is -2.08. The van der Waals surface area contributed by atoms with Gasteiger partial charge in [-0.05, 0) is 12.1 Å². The number of rotatable bonds is 2. The molecule has 5 nitrogen and oxygen atoms in total. The summed E-state index contributed by atoms with van der Waals surface area (Å²) < 4.78 is 9.57. The van der Waals surface area contributed by atoms with Crippen LogP contribution in [0.5, 0.6) is 11.5 Å². The van der Waals surface area contributed by atoms with Crippen LogP contribution in [0.1, 0.15) is 13.8 Å². The van der Waals surface area contributed by atoms with Crippen molar-refractivity contribution >= 4 is 17.6 Å². The van der Waals surface area contributed by atoms with E-state index in [9.17, 15) is 9.59 Å². The number of benzene rings is 1. The van der Waals surface area contributed by atoms with Crippen molar-refractivity contribution in [2.45, 2.75) is 13.8 Å². The Morgan fingerprint density at radius 3 is 2.33 bits per heavy atom. The van der Waals surface area contributed by atoms with E-state index in [2.05, 4.69) is 6.07 Å². The third-order valence-corrected chi connectivity index (χ3v) is 1.40. The Kier molecular flexibility index (Phi) is 3.28. The van der Waals surface area contributed by atoms with Crippen LogP contribution in [0.3, 0.4) is 0 Å². The Balaban J connectivity index is 3.02. The summed E-state index contributed by atoms with van der Waals surface area (Å²) in [6, 6.07) is 5.50. The summed E-state index contributed by atoms with van der Waals surface area (Å²) in [6.07, 6.45) is 0. The van der Waals surface area contributed by atoms with Gasteiger partial charge in [0.1, 0.15) is 0 Å². The smallest absolute Gasteiger partial charge is 0.308 e. The van der Waals surface area contributed by atoms with Gasteiger partial charge in [-0.15, -0.1) is 0 Å². The van der Waals surface area contributed by atoms with Crippen LogP contribution in [-0.2, 0) is 9.59 Å². The average molecular weight is 208 g/mol. The van der Waals surface area contributed by atoms with Crippen LogP contribution in [0.4, 0.5) is 5.69 Å². The normalized spacial score (nSPS) is 9.47. The van der Waals surface area contributed by atoms with Gasteiger partial charge in [-0.3, -0.25) is 9.59 Å². The molecule has 1 radical (unpaired) electrons. The van der Waals surface area contributed by atoms with E-state index in [1.54, 1.807) is 0 Å². The Bertz CT molecular complexity index is 400. The highest BCUT2D eigenvalue weighted by molar-refractivity contribution is 5.74. The minimum atomic E-state index is -0.537. The van der Waals surface area contributed by atoms with Crippen LogP contribution in [0, 0.1) is 6.07 Å². The molecular formula is C10H10NO4. The maximum atomic E-state index is 10.7. The molecule has 1 rings (SSSR count). The molecule has 0 saturated carbocycles. The van der Waals surface area contributed by atoms with Crippen molar-refractivity contribution in [3.05, 3.63) is 18.2 Å². The molecule has 0 aliphatic rings. The van der Waals surface area contributed by atoms with Crippen LogP contribution in [0.2, 0.25) is 0 Å². The molecule has 0 amide bonds. The van der Waals surface area contributed by atoms with Gasteiger partial charge in [-0.1, -0.05) is 0 Å². The van der Waals surface area contributed by atoms with Crippen molar-refractivity contribution < 1.29 is 19.1 Å². The first-order valence-corrected chi connectivity index (χ1v) is 4.17. The number of carbonyl (C=O) groups is 2. The molecule has 0 saturated heterocycles. The van der Waals surface area contributed by atoms with Crippen molar-refractivity contribution in [3.63, 3.8) is 0 Å². The molecule has 0 fully saturated rings. The van der Waals surface area contributed by atoms with Crippen molar-refractivity contribution in [3.8, 4) is 11.5 Å². The van der Waals surface area contributed by atoms with Crippen LogP contribution >= 0.6 is 0 Å². The zero-order valence-electron chi connectivity index (χ0n) is 8.37. The molecule has 2 N–H and O–H groups in total. The molecule has 0 unspecified atom stereocenters. The Labute approximate surface area is 86.8 Å². The van der Waals surface area contributed by atoms with Gasteiger partial charge < -0.3 is 15.2 Å². The molecule has 0 aliphatic heterocycles. The number of ether oxygens (including phenoxy) is 2. The van der Waals surface area contributed by atoms with E-state index in [0.717, 1.165) is 0 Å². The number of esters is 2. The second-order valence-electron chi connectivity index (χ2n) is 2.79. The summed E-state index contributed by atoms with van der Waals surface area (Å²) in [7, 11) is 0. The van der Waals surface area contributed by atoms with E-state index >= 15 is 0 Å². The van der Waals surface area contributed by atoms with Crippen LogP contribution in [0.25, 0.3) is 0 Å². The second-order valence-corrected chi connectivity index (χ2v) is 2.79. The number of hydrogen-bond donors (Lipinski definition) is 1. The molecule has 0 atom stereocenters. The molecule has 1 aromatic carbocycles. The lowest BCUT2D eigenvalue weighted by Crippen LogP contribution is -2.07. The van der Waals surface area contributed by atoms with E-state index in [0.29, 0.717) is 5.69 Å². The van der Waals surface area contributed by atoms with E-state index in [1.165, 1.54) is 26.0 Å². The zero-order valence-corrected chi connectivity index (χ0v) is 8.37. The maximum absolute atomic E-state index is 10.7. The first-order chi connectivity index (χ1) is 6.99. The number of nitrogen functional groups attached to an aromatic ring is 1. The standard InChI is InChI=1S/C10H10NO4/c1-6(12)14-9-4-3-8(11)5-10(9)15-7(2)13/h3-4H,11H2,1-2H3. The summed E-state index contributed by atoms with van der Waals surface area (Å²) >= 11 is 0. The lowest BCUT2D eigenvalue weighted by atomic mass is 10.3. The summed E-state index contributed by atoms with van der Waals surface area (Å²) in [5, 5.41) is 0. The predicted octanol–water partition coefficient (Wildman–Crippen LogP) is 0.920.